The highest BCUT2D eigenvalue weighted by Gasteiger charge is 2.21. The van der Waals surface area contributed by atoms with Crippen LogP contribution in [0.3, 0.4) is 0 Å². The molecule has 0 aliphatic carbocycles. The van der Waals surface area contributed by atoms with E-state index in [-0.39, 0.29) is 23.4 Å². The fourth-order valence-corrected chi connectivity index (χ4v) is 2.64. The second-order valence-corrected chi connectivity index (χ2v) is 6.63. The van der Waals surface area contributed by atoms with Gasteiger partial charge in [-0.2, -0.15) is 0 Å². The van der Waals surface area contributed by atoms with Crippen LogP contribution in [0.5, 0.6) is 0 Å². The lowest BCUT2D eigenvalue weighted by atomic mass is 10.0. The molecule has 0 radical (unpaired) electrons. The first kappa shape index (κ1) is 13.6. The topological polar surface area (TPSA) is 60.4 Å². The van der Waals surface area contributed by atoms with Gasteiger partial charge in [0, 0.05) is 18.8 Å². The van der Waals surface area contributed by atoms with Gasteiger partial charge in [0.25, 0.3) is 0 Å². The molecule has 1 saturated heterocycles. The number of Topliss-reactive ketones (excluding diaryl/α,β-unsaturated/α-hetero) is 1. The Kier molecular flexibility index (Phi) is 5.41. The molecule has 1 rings (SSSR count). The van der Waals surface area contributed by atoms with Gasteiger partial charge in [-0.3, -0.25) is 4.79 Å². The summed E-state index contributed by atoms with van der Waals surface area (Å²) >= 11 is 0. The van der Waals surface area contributed by atoms with E-state index in [0.717, 1.165) is 19.3 Å². The van der Waals surface area contributed by atoms with Crippen LogP contribution < -0.4 is 0 Å². The summed E-state index contributed by atoms with van der Waals surface area (Å²) in [6.07, 6.45) is 3.31. The Morgan fingerprint density at radius 1 is 1.38 bits per heavy atom. The molecule has 4 nitrogen and oxygen atoms in total. The molecule has 5 heteroatoms. The molecule has 1 unspecified atom stereocenters. The van der Waals surface area contributed by atoms with Crippen molar-refractivity contribution in [2.45, 2.75) is 45.1 Å². The van der Waals surface area contributed by atoms with Crippen molar-refractivity contribution < 1.29 is 17.9 Å². The highest BCUT2D eigenvalue weighted by Crippen LogP contribution is 2.15. The first-order valence-corrected chi connectivity index (χ1v) is 7.72. The normalized spacial score (nSPS) is 21.9. The fraction of sp³-hybridized carbons (Fsp3) is 0.909. The first-order valence-electron chi connectivity index (χ1n) is 5.90. The Hall–Kier alpha value is -0.420. The van der Waals surface area contributed by atoms with E-state index in [1.54, 1.807) is 6.92 Å². The third-order valence-corrected chi connectivity index (χ3v) is 4.65. The maximum absolute atomic E-state index is 11.7. The summed E-state index contributed by atoms with van der Waals surface area (Å²) in [5.41, 5.74) is 0. The predicted octanol–water partition coefficient (Wildman–Crippen LogP) is 1.34. The third kappa shape index (κ3) is 4.61. The molecule has 1 heterocycles. The second kappa shape index (κ2) is 6.35. The monoisotopic (exact) mass is 248 g/mol. The highest BCUT2D eigenvalue weighted by atomic mass is 32.2. The quantitative estimate of drug-likeness (QED) is 0.711. The maximum Gasteiger partial charge on any atom is 0.161 e. The molecular weight excluding hydrogens is 228 g/mol. The van der Waals surface area contributed by atoms with Crippen LogP contribution in [0, 0.1) is 0 Å². The largest absolute Gasteiger partial charge is 0.370 e. The third-order valence-electron chi connectivity index (χ3n) is 2.86. The average Bonchev–Trinajstić information content (AvgIpc) is 2.30. The molecule has 0 aromatic carbocycles. The number of ketones is 1. The summed E-state index contributed by atoms with van der Waals surface area (Å²) in [4.78, 5) is 11.7. The van der Waals surface area contributed by atoms with Crippen molar-refractivity contribution in [3.8, 4) is 0 Å². The lowest BCUT2D eigenvalue weighted by Crippen LogP contribution is -2.28. The number of rotatable bonds is 6. The van der Waals surface area contributed by atoms with Crippen LogP contribution in [0.15, 0.2) is 0 Å². The minimum atomic E-state index is -2.94. The zero-order valence-electron chi connectivity index (χ0n) is 9.78. The molecule has 0 aromatic rings. The molecule has 1 aliphatic rings. The van der Waals surface area contributed by atoms with Gasteiger partial charge in [0.15, 0.2) is 5.78 Å². The van der Waals surface area contributed by atoms with Gasteiger partial charge >= 0.3 is 0 Å². The van der Waals surface area contributed by atoms with Gasteiger partial charge in [0.05, 0.1) is 5.75 Å². The summed E-state index contributed by atoms with van der Waals surface area (Å²) in [6, 6.07) is 0. The Morgan fingerprint density at radius 2 is 2.12 bits per heavy atom. The van der Waals surface area contributed by atoms with Crippen LogP contribution in [0.25, 0.3) is 0 Å². The molecule has 1 fully saturated rings. The van der Waals surface area contributed by atoms with E-state index in [1.165, 1.54) is 0 Å². The van der Waals surface area contributed by atoms with Gasteiger partial charge in [0.1, 0.15) is 15.9 Å². The Morgan fingerprint density at radius 3 is 2.69 bits per heavy atom. The van der Waals surface area contributed by atoms with Crippen LogP contribution in [0.1, 0.15) is 39.0 Å². The number of carbonyl (C=O) groups excluding carboxylic acids is 1. The van der Waals surface area contributed by atoms with Crippen LogP contribution in [0.4, 0.5) is 0 Å². The molecule has 0 aromatic heterocycles. The minimum Gasteiger partial charge on any atom is -0.370 e. The van der Waals surface area contributed by atoms with Gasteiger partial charge in [-0.05, 0) is 25.7 Å². The van der Waals surface area contributed by atoms with Gasteiger partial charge in [-0.15, -0.1) is 0 Å². The van der Waals surface area contributed by atoms with Crippen LogP contribution >= 0.6 is 0 Å². The van der Waals surface area contributed by atoms with Crippen LogP contribution in [-0.4, -0.2) is 38.4 Å². The number of carbonyl (C=O) groups is 1. The minimum absolute atomic E-state index is 0.0611. The lowest BCUT2D eigenvalue weighted by molar-refractivity contribution is -0.133. The molecule has 0 amide bonds. The predicted molar refractivity (Wildman–Crippen MR) is 62.2 cm³/mol. The molecule has 0 bridgehead atoms. The van der Waals surface area contributed by atoms with Crippen molar-refractivity contribution in [2.75, 3.05) is 18.1 Å². The van der Waals surface area contributed by atoms with E-state index < -0.39 is 9.84 Å². The summed E-state index contributed by atoms with van der Waals surface area (Å²) in [5, 5.41) is 0. The summed E-state index contributed by atoms with van der Waals surface area (Å²) in [6.45, 7) is 2.28. The van der Waals surface area contributed by atoms with Gasteiger partial charge in [0.2, 0.25) is 0 Å². The van der Waals surface area contributed by atoms with Crippen molar-refractivity contribution in [2.24, 2.45) is 0 Å². The number of sulfone groups is 1. The number of hydrogen-bond donors (Lipinski definition) is 0. The van der Waals surface area contributed by atoms with E-state index >= 15 is 0 Å². The molecule has 16 heavy (non-hydrogen) atoms. The molecule has 0 spiro atoms. The fourth-order valence-electron chi connectivity index (χ4n) is 1.77. The number of ether oxygens (including phenoxy) is 1. The Bertz CT molecular complexity index is 315. The number of hydrogen-bond acceptors (Lipinski definition) is 4. The van der Waals surface area contributed by atoms with Crippen molar-refractivity contribution >= 4 is 15.6 Å². The van der Waals surface area contributed by atoms with Gasteiger partial charge in [-0.25, -0.2) is 8.42 Å². The zero-order valence-corrected chi connectivity index (χ0v) is 10.6. The SMILES string of the molecule is CCS(=O)(=O)CCCC(=O)C1CCCCO1. The molecule has 94 valence electrons. The Balaban J connectivity index is 2.24. The smallest absolute Gasteiger partial charge is 0.161 e. The Labute approximate surface area is 97.3 Å². The standard InChI is InChI=1S/C11H20O4S/c1-2-16(13,14)9-5-6-10(12)11-7-3-4-8-15-11/h11H,2-9H2,1H3. The van der Waals surface area contributed by atoms with Gasteiger partial charge in [-0.1, -0.05) is 6.92 Å². The molecule has 0 N–H and O–H groups in total. The zero-order chi connectivity index (χ0) is 12.0. The maximum atomic E-state index is 11.7. The van der Waals surface area contributed by atoms with E-state index in [1.807, 2.05) is 0 Å². The first-order chi connectivity index (χ1) is 7.55. The van der Waals surface area contributed by atoms with Crippen LogP contribution in [0.2, 0.25) is 0 Å². The van der Waals surface area contributed by atoms with E-state index in [2.05, 4.69) is 0 Å². The van der Waals surface area contributed by atoms with Crippen molar-refractivity contribution in [3.63, 3.8) is 0 Å². The van der Waals surface area contributed by atoms with E-state index in [9.17, 15) is 13.2 Å². The summed E-state index contributed by atoms with van der Waals surface area (Å²) in [7, 11) is -2.94. The summed E-state index contributed by atoms with van der Waals surface area (Å²) < 4.78 is 27.8. The molecule has 0 saturated carbocycles. The molecule has 1 aliphatic heterocycles. The second-order valence-electron chi connectivity index (χ2n) is 4.16. The molecular formula is C11H20O4S. The van der Waals surface area contributed by atoms with E-state index in [0.29, 0.717) is 19.4 Å². The van der Waals surface area contributed by atoms with Crippen molar-refractivity contribution in [1.29, 1.82) is 0 Å². The lowest BCUT2D eigenvalue weighted by Gasteiger charge is -2.21. The van der Waals surface area contributed by atoms with Crippen molar-refractivity contribution in [1.82, 2.24) is 0 Å². The molecule has 1 atom stereocenters. The summed E-state index contributed by atoms with van der Waals surface area (Å²) in [5.74, 6) is 0.328. The van der Waals surface area contributed by atoms with Crippen molar-refractivity contribution in [3.05, 3.63) is 0 Å². The average molecular weight is 248 g/mol. The van der Waals surface area contributed by atoms with E-state index in [4.69, 9.17) is 4.74 Å². The van der Waals surface area contributed by atoms with Crippen LogP contribution in [-0.2, 0) is 19.4 Å². The van der Waals surface area contributed by atoms with Gasteiger partial charge < -0.3 is 4.74 Å². The highest BCUT2D eigenvalue weighted by molar-refractivity contribution is 7.91.